The average molecular weight is 237 g/mol. The maximum atomic E-state index is 11.8. The number of carbonyl (C=O) groups excluding carboxylic acids is 1. The van der Waals surface area contributed by atoms with Crippen LogP contribution in [0.5, 0.6) is 0 Å². The van der Waals surface area contributed by atoms with Gasteiger partial charge in [-0.25, -0.2) is 4.68 Å². The number of hydrogen-bond donors (Lipinski definition) is 1. The van der Waals surface area contributed by atoms with Crippen molar-refractivity contribution in [3.63, 3.8) is 0 Å². The minimum absolute atomic E-state index is 0.0162. The molecule has 17 heavy (non-hydrogen) atoms. The molecule has 0 radical (unpaired) electrons. The summed E-state index contributed by atoms with van der Waals surface area (Å²) in [6.45, 7) is 4.91. The summed E-state index contributed by atoms with van der Waals surface area (Å²) in [7, 11) is 1.78. The van der Waals surface area contributed by atoms with E-state index in [-0.39, 0.29) is 12.5 Å². The number of nitrogens with two attached hydrogens (primary N) is 1. The van der Waals surface area contributed by atoms with Crippen LogP contribution in [0.3, 0.4) is 0 Å². The van der Waals surface area contributed by atoms with Crippen molar-refractivity contribution in [1.29, 1.82) is 0 Å². The first-order chi connectivity index (χ1) is 8.17. The molecule has 1 amide bonds. The van der Waals surface area contributed by atoms with Crippen LogP contribution < -0.4 is 5.73 Å². The molecular weight excluding hydrogens is 218 g/mol. The number of likely N-dealkylation sites (N-methyl/N-ethyl adjacent to an activating group) is 1. The van der Waals surface area contributed by atoms with Crippen molar-refractivity contribution in [2.24, 2.45) is 5.73 Å². The Morgan fingerprint density at radius 2 is 2.47 bits per heavy atom. The van der Waals surface area contributed by atoms with Gasteiger partial charge in [-0.1, -0.05) is 11.3 Å². The van der Waals surface area contributed by atoms with Gasteiger partial charge in [0, 0.05) is 20.1 Å². The van der Waals surface area contributed by atoms with Gasteiger partial charge in [0.1, 0.15) is 6.54 Å². The molecule has 6 heteroatoms. The van der Waals surface area contributed by atoms with E-state index >= 15 is 0 Å². The smallest absolute Gasteiger partial charge is 0.244 e. The minimum Gasteiger partial charge on any atom is -0.344 e. The quantitative estimate of drug-likeness (QED) is 0.541. The topological polar surface area (TPSA) is 77.0 Å². The summed E-state index contributed by atoms with van der Waals surface area (Å²) in [4.78, 5) is 13.5. The van der Waals surface area contributed by atoms with Crippen LogP contribution in [0.15, 0.2) is 18.9 Å². The minimum atomic E-state index is 0.0162. The number of rotatable bonds is 7. The molecule has 0 aliphatic carbocycles. The van der Waals surface area contributed by atoms with Gasteiger partial charge in [0.15, 0.2) is 0 Å². The van der Waals surface area contributed by atoms with Crippen LogP contribution in [0.1, 0.15) is 18.5 Å². The first-order valence-electron chi connectivity index (χ1n) is 5.61. The maximum Gasteiger partial charge on any atom is 0.244 e. The predicted molar refractivity (Wildman–Crippen MR) is 65.0 cm³/mol. The van der Waals surface area contributed by atoms with Crippen LogP contribution in [0.4, 0.5) is 0 Å². The Morgan fingerprint density at radius 3 is 3.06 bits per heavy atom. The summed E-state index contributed by atoms with van der Waals surface area (Å²) in [5, 5.41) is 7.66. The van der Waals surface area contributed by atoms with Crippen LogP contribution in [0.25, 0.3) is 0 Å². The molecular formula is C11H19N5O. The Morgan fingerprint density at radius 1 is 1.71 bits per heavy atom. The summed E-state index contributed by atoms with van der Waals surface area (Å²) >= 11 is 0. The molecule has 0 aliphatic heterocycles. The van der Waals surface area contributed by atoms with Crippen LogP contribution in [0, 0.1) is 0 Å². The number of hydrogen-bond acceptors (Lipinski definition) is 4. The van der Waals surface area contributed by atoms with Crippen molar-refractivity contribution in [3.8, 4) is 0 Å². The molecule has 0 saturated heterocycles. The van der Waals surface area contributed by atoms with Crippen LogP contribution in [0.2, 0.25) is 0 Å². The zero-order chi connectivity index (χ0) is 12.7. The van der Waals surface area contributed by atoms with Crippen LogP contribution >= 0.6 is 0 Å². The summed E-state index contributed by atoms with van der Waals surface area (Å²) < 4.78 is 1.51. The fourth-order valence-corrected chi connectivity index (χ4v) is 1.37. The number of amides is 1. The summed E-state index contributed by atoms with van der Waals surface area (Å²) in [5.74, 6) is 0.0162. The fourth-order valence-electron chi connectivity index (χ4n) is 1.37. The SMILES string of the molecule is C=CCCCN(C)C(=O)Cn1cc(CN)nn1. The molecule has 1 heterocycles. The Hall–Kier alpha value is -1.69. The van der Waals surface area contributed by atoms with Crippen molar-refractivity contribution in [1.82, 2.24) is 19.9 Å². The van der Waals surface area contributed by atoms with E-state index in [9.17, 15) is 4.79 Å². The summed E-state index contributed by atoms with van der Waals surface area (Å²) in [5.41, 5.74) is 6.10. The number of nitrogens with zero attached hydrogens (tertiary/aromatic N) is 4. The van der Waals surface area contributed by atoms with Gasteiger partial charge in [0.2, 0.25) is 5.91 Å². The zero-order valence-electron chi connectivity index (χ0n) is 10.2. The molecule has 94 valence electrons. The number of aromatic nitrogens is 3. The molecule has 0 aromatic carbocycles. The van der Waals surface area contributed by atoms with Gasteiger partial charge >= 0.3 is 0 Å². The second kappa shape index (κ2) is 6.80. The number of allylic oxidation sites excluding steroid dienone is 1. The molecule has 0 bridgehead atoms. The fraction of sp³-hybridized carbons (Fsp3) is 0.545. The molecule has 0 saturated carbocycles. The van der Waals surface area contributed by atoms with E-state index in [4.69, 9.17) is 5.73 Å². The van der Waals surface area contributed by atoms with Gasteiger partial charge in [-0.05, 0) is 12.8 Å². The first kappa shape index (κ1) is 13.4. The Bertz CT molecular complexity index is 374. The molecule has 0 fully saturated rings. The lowest BCUT2D eigenvalue weighted by molar-refractivity contribution is -0.130. The third-order valence-corrected chi connectivity index (χ3v) is 2.42. The van der Waals surface area contributed by atoms with E-state index in [1.807, 2.05) is 6.08 Å². The third kappa shape index (κ3) is 4.36. The van der Waals surface area contributed by atoms with E-state index < -0.39 is 0 Å². The molecule has 1 rings (SSSR count). The monoisotopic (exact) mass is 237 g/mol. The molecule has 0 aliphatic rings. The van der Waals surface area contributed by atoms with E-state index in [1.54, 1.807) is 18.1 Å². The van der Waals surface area contributed by atoms with E-state index in [0.29, 0.717) is 12.2 Å². The van der Waals surface area contributed by atoms with Crippen molar-refractivity contribution < 1.29 is 4.79 Å². The van der Waals surface area contributed by atoms with Crippen molar-refractivity contribution in [3.05, 3.63) is 24.5 Å². The Labute approximate surface area is 101 Å². The maximum absolute atomic E-state index is 11.8. The van der Waals surface area contributed by atoms with Gasteiger partial charge < -0.3 is 10.6 Å². The predicted octanol–water partition coefficient (Wildman–Crippen LogP) is 0.161. The zero-order valence-corrected chi connectivity index (χ0v) is 10.2. The number of unbranched alkanes of at least 4 members (excludes halogenated alkanes) is 1. The lowest BCUT2D eigenvalue weighted by Crippen LogP contribution is -2.31. The lowest BCUT2D eigenvalue weighted by atomic mass is 10.3. The highest BCUT2D eigenvalue weighted by Gasteiger charge is 2.10. The molecule has 2 N–H and O–H groups in total. The highest BCUT2D eigenvalue weighted by Crippen LogP contribution is 1.97. The summed E-state index contributed by atoms with van der Waals surface area (Å²) in [6, 6.07) is 0. The second-order valence-electron chi connectivity index (χ2n) is 3.86. The van der Waals surface area contributed by atoms with Crippen molar-refractivity contribution >= 4 is 5.91 Å². The van der Waals surface area contributed by atoms with Crippen LogP contribution in [-0.4, -0.2) is 39.4 Å². The number of carbonyl (C=O) groups is 1. The van der Waals surface area contributed by atoms with Gasteiger partial charge in [0.05, 0.1) is 11.9 Å². The Balaban J connectivity index is 2.39. The summed E-state index contributed by atoms with van der Waals surface area (Å²) in [6.07, 6.45) is 5.38. The van der Waals surface area contributed by atoms with E-state index in [2.05, 4.69) is 16.9 Å². The van der Waals surface area contributed by atoms with Crippen molar-refractivity contribution in [2.75, 3.05) is 13.6 Å². The van der Waals surface area contributed by atoms with Crippen molar-refractivity contribution in [2.45, 2.75) is 25.9 Å². The molecule has 6 nitrogen and oxygen atoms in total. The highest BCUT2D eigenvalue weighted by atomic mass is 16.2. The molecule has 1 aromatic rings. The van der Waals surface area contributed by atoms with Crippen LogP contribution in [-0.2, 0) is 17.9 Å². The first-order valence-corrected chi connectivity index (χ1v) is 5.61. The van der Waals surface area contributed by atoms with Gasteiger partial charge in [0.25, 0.3) is 0 Å². The molecule has 0 atom stereocenters. The molecule has 0 spiro atoms. The largest absolute Gasteiger partial charge is 0.344 e. The standard InChI is InChI=1S/C11H19N5O/c1-3-4-5-6-15(2)11(17)9-16-8-10(7-12)13-14-16/h3,8H,1,4-7,9,12H2,2H3. The average Bonchev–Trinajstić information content (AvgIpc) is 2.77. The molecule has 1 aromatic heterocycles. The highest BCUT2D eigenvalue weighted by molar-refractivity contribution is 5.75. The normalized spacial score (nSPS) is 10.2. The van der Waals surface area contributed by atoms with E-state index in [1.165, 1.54) is 4.68 Å². The Kier molecular flexibility index (Phi) is 5.35. The molecule has 0 unspecified atom stereocenters. The second-order valence-corrected chi connectivity index (χ2v) is 3.86. The lowest BCUT2D eigenvalue weighted by Gasteiger charge is -2.16. The third-order valence-electron chi connectivity index (χ3n) is 2.42. The van der Waals surface area contributed by atoms with Gasteiger partial charge in [-0.3, -0.25) is 4.79 Å². The van der Waals surface area contributed by atoms with E-state index in [0.717, 1.165) is 19.4 Å². The van der Waals surface area contributed by atoms with Gasteiger partial charge in [-0.15, -0.1) is 11.7 Å². The van der Waals surface area contributed by atoms with Gasteiger partial charge in [-0.2, -0.15) is 0 Å².